The summed E-state index contributed by atoms with van der Waals surface area (Å²) in [4.78, 5) is 26.8. The molecule has 2 aliphatic rings. The monoisotopic (exact) mass is 379 g/mol. The summed E-state index contributed by atoms with van der Waals surface area (Å²) in [6.45, 7) is 1.61. The van der Waals surface area contributed by atoms with Crippen LogP contribution in [0.3, 0.4) is 0 Å². The molecule has 1 aliphatic carbocycles. The van der Waals surface area contributed by atoms with Crippen LogP contribution >= 0.6 is 11.6 Å². The molecule has 1 heterocycles. The predicted octanol–water partition coefficient (Wildman–Crippen LogP) is 2.67. The number of amides is 2. The van der Waals surface area contributed by atoms with Crippen LogP contribution in [0.1, 0.15) is 42.5 Å². The van der Waals surface area contributed by atoms with Crippen LogP contribution in [-0.2, 0) is 9.53 Å². The summed E-state index contributed by atoms with van der Waals surface area (Å²) in [5, 5.41) is 6.27. The van der Waals surface area contributed by atoms with Crippen molar-refractivity contribution >= 4 is 29.1 Å². The highest BCUT2D eigenvalue weighted by Gasteiger charge is 2.25. The van der Waals surface area contributed by atoms with Crippen molar-refractivity contribution in [2.45, 2.75) is 44.2 Å². The van der Waals surface area contributed by atoms with E-state index in [-0.39, 0.29) is 23.9 Å². The molecule has 1 saturated carbocycles. The number of carbonyl (C=O) groups is 2. The molecule has 2 fully saturated rings. The Morgan fingerprint density at radius 2 is 2.04 bits per heavy atom. The minimum absolute atomic E-state index is 0.0675. The molecule has 0 bridgehead atoms. The molecular weight excluding hydrogens is 354 g/mol. The number of carbonyl (C=O) groups excluding carboxylic acids is 2. The number of halogens is 1. The number of benzene rings is 1. The lowest BCUT2D eigenvalue weighted by Gasteiger charge is -2.31. The molecule has 1 saturated heterocycles. The van der Waals surface area contributed by atoms with Gasteiger partial charge in [-0.1, -0.05) is 30.9 Å². The first-order valence-corrected chi connectivity index (χ1v) is 9.63. The van der Waals surface area contributed by atoms with E-state index in [9.17, 15) is 9.59 Å². The second-order valence-electron chi connectivity index (χ2n) is 6.97. The number of nitrogens with one attached hydrogen (secondary N) is 2. The molecule has 2 amide bonds. The number of rotatable bonds is 4. The highest BCUT2D eigenvalue weighted by Crippen LogP contribution is 2.26. The molecule has 26 heavy (non-hydrogen) atoms. The van der Waals surface area contributed by atoms with Crippen molar-refractivity contribution in [3.8, 4) is 0 Å². The molecule has 0 spiro atoms. The van der Waals surface area contributed by atoms with Gasteiger partial charge in [0.1, 0.15) is 6.04 Å². The van der Waals surface area contributed by atoms with Crippen molar-refractivity contribution in [3.63, 3.8) is 0 Å². The van der Waals surface area contributed by atoms with Crippen LogP contribution in [0.2, 0.25) is 5.02 Å². The Bertz CT molecular complexity index is 655. The van der Waals surface area contributed by atoms with E-state index in [1.807, 2.05) is 11.9 Å². The second kappa shape index (κ2) is 8.84. The van der Waals surface area contributed by atoms with E-state index >= 15 is 0 Å². The van der Waals surface area contributed by atoms with Crippen LogP contribution in [0.5, 0.6) is 0 Å². The molecular formula is C19H26ClN3O3. The Balaban J connectivity index is 1.64. The van der Waals surface area contributed by atoms with Gasteiger partial charge in [0.15, 0.2) is 0 Å². The molecule has 1 atom stereocenters. The second-order valence-corrected chi connectivity index (χ2v) is 7.38. The minimum Gasteiger partial charge on any atom is -0.378 e. The van der Waals surface area contributed by atoms with Crippen LogP contribution in [-0.4, -0.2) is 55.6 Å². The maximum absolute atomic E-state index is 12.8. The zero-order valence-electron chi connectivity index (χ0n) is 15.1. The number of hydrogen-bond donors (Lipinski definition) is 2. The highest BCUT2D eigenvalue weighted by atomic mass is 35.5. The number of ether oxygens (including phenoxy) is 1. The summed E-state index contributed by atoms with van der Waals surface area (Å²) in [5.41, 5.74) is 1.04. The van der Waals surface area contributed by atoms with E-state index in [4.69, 9.17) is 16.3 Å². The minimum atomic E-state index is -0.374. The van der Waals surface area contributed by atoms with Crippen LogP contribution < -0.4 is 10.6 Å². The van der Waals surface area contributed by atoms with E-state index < -0.39 is 0 Å². The van der Waals surface area contributed by atoms with Crippen molar-refractivity contribution in [2.75, 3.05) is 32.1 Å². The Kier molecular flexibility index (Phi) is 6.51. The van der Waals surface area contributed by atoms with Crippen molar-refractivity contribution < 1.29 is 14.3 Å². The third-order valence-corrected chi connectivity index (χ3v) is 5.46. The van der Waals surface area contributed by atoms with Crippen LogP contribution in [0.4, 0.5) is 5.69 Å². The first-order valence-electron chi connectivity index (χ1n) is 9.25. The molecule has 1 unspecified atom stereocenters. The fraction of sp³-hybridized carbons (Fsp3) is 0.579. The van der Waals surface area contributed by atoms with Gasteiger partial charge in [0.25, 0.3) is 5.91 Å². The normalized spacial score (nSPS) is 21.2. The number of hydrogen-bond acceptors (Lipinski definition) is 4. The van der Waals surface area contributed by atoms with Gasteiger partial charge in [0, 0.05) is 25.3 Å². The average Bonchev–Trinajstić information content (AvgIpc) is 2.68. The predicted molar refractivity (Wildman–Crippen MR) is 102 cm³/mol. The number of anilines is 1. The van der Waals surface area contributed by atoms with Gasteiger partial charge in [-0.25, -0.2) is 0 Å². The lowest BCUT2D eigenvalue weighted by molar-refractivity contribution is -0.120. The fourth-order valence-electron chi connectivity index (χ4n) is 3.55. The summed E-state index contributed by atoms with van der Waals surface area (Å²) in [5.74, 6) is -0.235. The van der Waals surface area contributed by atoms with Crippen molar-refractivity contribution in [3.05, 3.63) is 28.8 Å². The smallest absolute Gasteiger partial charge is 0.255 e. The largest absolute Gasteiger partial charge is 0.378 e. The summed E-state index contributed by atoms with van der Waals surface area (Å²) in [6, 6.07) is 4.94. The first kappa shape index (κ1) is 19.1. The molecule has 0 radical (unpaired) electrons. The topological polar surface area (TPSA) is 70.7 Å². The van der Waals surface area contributed by atoms with Gasteiger partial charge < -0.3 is 20.3 Å². The molecule has 1 aromatic rings. The summed E-state index contributed by atoms with van der Waals surface area (Å²) in [7, 11) is 1.85. The molecule has 3 rings (SSSR count). The fourth-order valence-corrected chi connectivity index (χ4v) is 3.82. The van der Waals surface area contributed by atoms with Crippen molar-refractivity contribution in [1.82, 2.24) is 10.2 Å². The number of nitrogens with zero attached hydrogens (tertiary/aromatic N) is 1. The Hall–Kier alpha value is -1.63. The van der Waals surface area contributed by atoms with E-state index in [2.05, 4.69) is 10.6 Å². The molecule has 7 heteroatoms. The van der Waals surface area contributed by atoms with Gasteiger partial charge in [-0.2, -0.15) is 0 Å². The van der Waals surface area contributed by atoms with Crippen LogP contribution in [0.15, 0.2) is 18.2 Å². The maximum atomic E-state index is 12.8. The zero-order chi connectivity index (χ0) is 18.5. The van der Waals surface area contributed by atoms with Gasteiger partial charge >= 0.3 is 0 Å². The summed E-state index contributed by atoms with van der Waals surface area (Å²) >= 11 is 6.34. The van der Waals surface area contributed by atoms with E-state index in [1.165, 1.54) is 19.3 Å². The van der Waals surface area contributed by atoms with E-state index in [0.29, 0.717) is 36.0 Å². The Labute approximate surface area is 159 Å². The molecule has 1 aromatic carbocycles. The number of morpholine rings is 1. The summed E-state index contributed by atoms with van der Waals surface area (Å²) < 4.78 is 5.30. The molecule has 6 nitrogen and oxygen atoms in total. The van der Waals surface area contributed by atoms with Gasteiger partial charge in [-0.3, -0.25) is 9.59 Å². The average molecular weight is 380 g/mol. The molecule has 0 aromatic heterocycles. The first-order chi connectivity index (χ1) is 12.6. The third-order valence-electron chi connectivity index (χ3n) is 5.15. The van der Waals surface area contributed by atoms with Crippen molar-refractivity contribution in [1.29, 1.82) is 0 Å². The molecule has 1 aliphatic heterocycles. The van der Waals surface area contributed by atoms with Gasteiger partial charge in [-0.05, 0) is 31.0 Å². The van der Waals surface area contributed by atoms with Gasteiger partial charge in [-0.15, -0.1) is 0 Å². The molecule has 2 N–H and O–H groups in total. The lowest BCUT2D eigenvalue weighted by atomic mass is 9.94. The standard InChI is InChI=1S/C19H26ClN3O3/c1-23(14-5-3-2-4-6-14)19(25)15-8-7-13(11-16(15)20)22-18(24)17-12-26-10-9-21-17/h7-8,11,14,17,21H,2-6,9-10,12H2,1H3,(H,22,24). The Morgan fingerprint density at radius 3 is 2.69 bits per heavy atom. The SMILES string of the molecule is CN(C(=O)c1ccc(NC(=O)C2COCCN2)cc1Cl)C1CCCCC1. The summed E-state index contributed by atoms with van der Waals surface area (Å²) in [6.07, 6.45) is 5.67. The third kappa shape index (κ3) is 4.55. The highest BCUT2D eigenvalue weighted by molar-refractivity contribution is 6.34. The lowest BCUT2D eigenvalue weighted by Crippen LogP contribution is -2.48. The quantitative estimate of drug-likeness (QED) is 0.843. The Morgan fingerprint density at radius 1 is 1.27 bits per heavy atom. The zero-order valence-corrected chi connectivity index (χ0v) is 15.8. The van der Waals surface area contributed by atoms with Gasteiger partial charge in [0.2, 0.25) is 5.91 Å². The van der Waals surface area contributed by atoms with Crippen LogP contribution in [0, 0.1) is 0 Å². The van der Waals surface area contributed by atoms with Crippen molar-refractivity contribution in [2.24, 2.45) is 0 Å². The maximum Gasteiger partial charge on any atom is 0.255 e. The van der Waals surface area contributed by atoms with E-state index in [1.54, 1.807) is 18.2 Å². The van der Waals surface area contributed by atoms with Crippen LogP contribution in [0.25, 0.3) is 0 Å². The molecule has 142 valence electrons. The van der Waals surface area contributed by atoms with E-state index in [0.717, 1.165) is 12.8 Å². The van der Waals surface area contributed by atoms with Gasteiger partial charge in [0.05, 0.1) is 23.8 Å².